The van der Waals surface area contributed by atoms with Gasteiger partial charge in [-0.05, 0) is 48.4 Å². The van der Waals surface area contributed by atoms with Gasteiger partial charge in [0.05, 0.1) is 5.69 Å². The summed E-state index contributed by atoms with van der Waals surface area (Å²) in [5.41, 5.74) is 8.87. The van der Waals surface area contributed by atoms with Crippen molar-refractivity contribution in [3.05, 3.63) is 70.3 Å². The molecule has 0 aliphatic heterocycles. The molecule has 4 aromatic rings. The third-order valence-corrected chi connectivity index (χ3v) is 5.95. The Kier molecular flexibility index (Phi) is 5.31. The Morgan fingerprint density at radius 3 is 2.16 bits per heavy atom. The maximum absolute atomic E-state index is 13.6. The number of benzene rings is 2. The van der Waals surface area contributed by atoms with Crippen molar-refractivity contribution in [3.63, 3.8) is 0 Å². The van der Waals surface area contributed by atoms with Gasteiger partial charge in [-0.2, -0.15) is 0 Å². The summed E-state index contributed by atoms with van der Waals surface area (Å²) in [5.74, 6) is 1.14. The van der Waals surface area contributed by atoms with Crippen LogP contribution in [0.15, 0.2) is 58.2 Å². The number of nitrogens with two attached hydrogens (primary N) is 1. The fourth-order valence-corrected chi connectivity index (χ4v) is 3.92. The number of rotatable bonds is 3. The third kappa shape index (κ3) is 3.93. The van der Waals surface area contributed by atoms with Crippen molar-refractivity contribution in [2.45, 2.75) is 38.0 Å². The molecule has 2 aromatic carbocycles. The average molecular weight is 432 g/mol. The molecule has 0 spiro atoms. The van der Waals surface area contributed by atoms with Gasteiger partial charge in [-0.1, -0.05) is 45.0 Å². The molecule has 0 radical (unpaired) electrons. The predicted octanol–water partition coefficient (Wildman–Crippen LogP) is 4.75. The fourth-order valence-electron chi connectivity index (χ4n) is 3.51. The van der Waals surface area contributed by atoms with Gasteiger partial charge < -0.3 is 5.73 Å². The van der Waals surface area contributed by atoms with Crippen molar-refractivity contribution in [1.82, 2.24) is 19.5 Å². The van der Waals surface area contributed by atoms with Crippen molar-refractivity contribution in [3.8, 4) is 17.1 Å². The van der Waals surface area contributed by atoms with E-state index in [-0.39, 0.29) is 22.2 Å². The maximum atomic E-state index is 13.6. The molecule has 2 aromatic heterocycles. The standard InChI is InChI=1S/C24H25N5OS/c1-14-26-20(25)19-21(27-14)28-22(15-6-12-18(31-5)13-7-15)29(23(19)30)17-10-8-16(9-11-17)24(2,3)4/h6-13H,1-5H3,(H2,25,26,27). The first-order chi connectivity index (χ1) is 14.7. The highest BCUT2D eigenvalue weighted by atomic mass is 32.2. The third-order valence-electron chi connectivity index (χ3n) is 5.21. The number of aromatic nitrogens is 4. The number of anilines is 1. The number of hydrogen-bond acceptors (Lipinski definition) is 6. The minimum absolute atomic E-state index is 0.0113. The van der Waals surface area contributed by atoms with Crippen LogP contribution in [0.25, 0.3) is 28.1 Å². The van der Waals surface area contributed by atoms with E-state index in [0.717, 1.165) is 16.1 Å². The van der Waals surface area contributed by atoms with E-state index in [4.69, 9.17) is 10.7 Å². The molecule has 0 saturated carbocycles. The van der Waals surface area contributed by atoms with Crippen molar-refractivity contribution in [1.29, 1.82) is 0 Å². The zero-order valence-corrected chi connectivity index (χ0v) is 19.1. The SMILES string of the molecule is CSc1ccc(-c2nc3nc(C)nc(N)c3c(=O)n2-c2ccc(C(C)(C)C)cc2)cc1. The van der Waals surface area contributed by atoms with Crippen molar-refractivity contribution in [2.24, 2.45) is 0 Å². The Labute approximate surface area is 185 Å². The van der Waals surface area contributed by atoms with Gasteiger partial charge in [0, 0.05) is 10.5 Å². The molecule has 0 amide bonds. The summed E-state index contributed by atoms with van der Waals surface area (Å²) < 4.78 is 1.60. The molecule has 7 heteroatoms. The second-order valence-corrected chi connectivity index (χ2v) is 9.34. The summed E-state index contributed by atoms with van der Waals surface area (Å²) >= 11 is 1.66. The first-order valence-electron chi connectivity index (χ1n) is 10.0. The average Bonchev–Trinajstić information content (AvgIpc) is 2.72. The van der Waals surface area contributed by atoms with E-state index < -0.39 is 0 Å². The topological polar surface area (TPSA) is 86.7 Å². The molecule has 31 heavy (non-hydrogen) atoms. The molecule has 0 fully saturated rings. The molecule has 0 bridgehead atoms. The lowest BCUT2D eigenvalue weighted by molar-refractivity contribution is 0.590. The van der Waals surface area contributed by atoms with Gasteiger partial charge in [-0.3, -0.25) is 9.36 Å². The fraction of sp³-hybridized carbons (Fsp3) is 0.250. The van der Waals surface area contributed by atoms with E-state index in [2.05, 4.69) is 30.7 Å². The van der Waals surface area contributed by atoms with E-state index in [0.29, 0.717) is 17.3 Å². The number of nitrogens with zero attached hydrogens (tertiary/aromatic N) is 4. The quantitative estimate of drug-likeness (QED) is 0.471. The lowest BCUT2D eigenvalue weighted by atomic mass is 9.87. The van der Waals surface area contributed by atoms with Crippen LogP contribution in [-0.2, 0) is 5.41 Å². The summed E-state index contributed by atoms with van der Waals surface area (Å²) in [4.78, 5) is 28.1. The molecule has 6 nitrogen and oxygen atoms in total. The molecule has 0 saturated heterocycles. The molecule has 158 valence electrons. The van der Waals surface area contributed by atoms with Gasteiger partial charge >= 0.3 is 0 Å². The summed E-state index contributed by atoms with van der Waals surface area (Å²) in [6.45, 7) is 8.21. The molecule has 2 N–H and O–H groups in total. The zero-order chi connectivity index (χ0) is 22.3. The number of aryl methyl sites for hydroxylation is 1. The number of nitrogen functional groups attached to an aromatic ring is 1. The molecule has 0 aliphatic rings. The van der Waals surface area contributed by atoms with Crippen molar-refractivity contribution in [2.75, 3.05) is 12.0 Å². The highest BCUT2D eigenvalue weighted by molar-refractivity contribution is 7.98. The predicted molar refractivity (Wildman–Crippen MR) is 128 cm³/mol. The van der Waals surface area contributed by atoms with Gasteiger partial charge in [-0.25, -0.2) is 15.0 Å². The largest absolute Gasteiger partial charge is 0.383 e. The molecule has 0 unspecified atom stereocenters. The lowest BCUT2D eigenvalue weighted by Crippen LogP contribution is -2.24. The highest BCUT2D eigenvalue weighted by Gasteiger charge is 2.19. The van der Waals surface area contributed by atoms with Crippen LogP contribution in [0.3, 0.4) is 0 Å². The Bertz CT molecular complexity index is 1320. The van der Waals surface area contributed by atoms with E-state index in [1.54, 1.807) is 23.3 Å². The van der Waals surface area contributed by atoms with Crippen LogP contribution in [0.5, 0.6) is 0 Å². The minimum atomic E-state index is -0.282. The first kappa shape index (κ1) is 21.1. The highest BCUT2D eigenvalue weighted by Crippen LogP contribution is 2.27. The van der Waals surface area contributed by atoms with Crippen LogP contribution < -0.4 is 11.3 Å². The number of fused-ring (bicyclic) bond motifs is 1. The second kappa shape index (κ2) is 7.81. The molecular formula is C24H25N5OS. The first-order valence-corrected chi connectivity index (χ1v) is 11.2. The van der Waals surface area contributed by atoms with Crippen LogP contribution in [0.2, 0.25) is 0 Å². The van der Waals surface area contributed by atoms with Crippen molar-refractivity contribution >= 4 is 28.6 Å². The summed E-state index contributed by atoms with van der Waals surface area (Å²) in [5, 5.41) is 0.231. The summed E-state index contributed by atoms with van der Waals surface area (Å²) in [6, 6.07) is 15.9. The van der Waals surface area contributed by atoms with Gasteiger partial charge in [0.15, 0.2) is 5.65 Å². The molecule has 0 atom stereocenters. The second-order valence-electron chi connectivity index (χ2n) is 8.46. The van der Waals surface area contributed by atoms with Gasteiger partial charge in [-0.15, -0.1) is 11.8 Å². The Morgan fingerprint density at radius 2 is 1.58 bits per heavy atom. The smallest absolute Gasteiger partial charge is 0.271 e. The number of thioether (sulfide) groups is 1. The molecule has 4 rings (SSSR count). The van der Waals surface area contributed by atoms with Crippen LogP contribution in [0.1, 0.15) is 32.2 Å². The van der Waals surface area contributed by atoms with Gasteiger partial charge in [0.1, 0.15) is 22.9 Å². The monoisotopic (exact) mass is 431 g/mol. The zero-order valence-electron chi connectivity index (χ0n) is 18.3. The molecule has 2 heterocycles. The molecule has 0 aliphatic carbocycles. The van der Waals surface area contributed by atoms with E-state index in [1.807, 2.05) is 54.8 Å². The van der Waals surface area contributed by atoms with E-state index in [1.165, 1.54) is 5.56 Å². The van der Waals surface area contributed by atoms with Crippen LogP contribution in [0, 0.1) is 6.92 Å². The van der Waals surface area contributed by atoms with Gasteiger partial charge in [0.2, 0.25) is 0 Å². The summed E-state index contributed by atoms with van der Waals surface area (Å²) in [7, 11) is 0. The van der Waals surface area contributed by atoms with Crippen LogP contribution >= 0.6 is 11.8 Å². The maximum Gasteiger partial charge on any atom is 0.271 e. The van der Waals surface area contributed by atoms with Crippen LogP contribution in [0.4, 0.5) is 5.82 Å². The summed E-state index contributed by atoms with van der Waals surface area (Å²) in [6.07, 6.45) is 2.03. The molecular weight excluding hydrogens is 406 g/mol. The Balaban J connectivity index is 2.03. The van der Waals surface area contributed by atoms with Crippen LogP contribution in [-0.4, -0.2) is 25.8 Å². The van der Waals surface area contributed by atoms with Gasteiger partial charge in [0.25, 0.3) is 5.56 Å². The van der Waals surface area contributed by atoms with E-state index >= 15 is 0 Å². The Morgan fingerprint density at radius 1 is 0.935 bits per heavy atom. The van der Waals surface area contributed by atoms with Crippen molar-refractivity contribution < 1.29 is 0 Å². The van der Waals surface area contributed by atoms with E-state index in [9.17, 15) is 4.79 Å². The minimum Gasteiger partial charge on any atom is -0.383 e. The lowest BCUT2D eigenvalue weighted by Gasteiger charge is -2.20. The Hall–Kier alpha value is -3.19. The normalized spacial score (nSPS) is 11.8. The number of hydrogen-bond donors (Lipinski definition) is 1.